The molecule has 1 unspecified atom stereocenters. The first-order valence-corrected chi connectivity index (χ1v) is 7.25. The first-order chi connectivity index (χ1) is 9.11. The third-order valence-corrected chi connectivity index (χ3v) is 4.45. The van der Waals surface area contributed by atoms with E-state index < -0.39 is 0 Å². The highest BCUT2D eigenvalue weighted by Crippen LogP contribution is 2.39. The summed E-state index contributed by atoms with van der Waals surface area (Å²) < 4.78 is 20.3. The summed E-state index contributed by atoms with van der Waals surface area (Å²) in [6, 6.07) is 7.02. The van der Waals surface area contributed by atoms with Gasteiger partial charge in [0.2, 0.25) is 0 Å². The van der Waals surface area contributed by atoms with Crippen molar-refractivity contribution in [2.24, 2.45) is 0 Å². The number of halogens is 1. The van der Waals surface area contributed by atoms with E-state index in [4.69, 9.17) is 4.74 Å². The van der Waals surface area contributed by atoms with Crippen LogP contribution in [0.25, 0.3) is 0 Å². The van der Waals surface area contributed by atoms with Crippen molar-refractivity contribution in [2.75, 3.05) is 13.1 Å². The van der Waals surface area contributed by atoms with Crippen molar-refractivity contribution in [1.82, 2.24) is 5.32 Å². The van der Waals surface area contributed by atoms with Gasteiger partial charge in [0, 0.05) is 19.5 Å². The summed E-state index contributed by atoms with van der Waals surface area (Å²) in [5, 5.41) is 3.50. The number of hydrogen-bond donors (Lipinski definition) is 1. The van der Waals surface area contributed by atoms with Crippen LogP contribution in [0.1, 0.15) is 38.2 Å². The van der Waals surface area contributed by atoms with Crippen LogP contribution in [0, 0.1) is 5.82 Å². The van der Waals surface area contributed by atoms with Crippen molar-refractivity contribution < 1.29 is 9.13 Å². The van der Waals surface area contributed by atoms with Gasteiger partial charge in [0.15, 0.2) is 0 Å². The molecule has 1 aromatic rings. The molecule has 1 aliphatic heterocycles. The molecule has 0 bridgehead atoms. The molecule has 1 saturated carbocycles. The Morgan fingerprint density at radius 3 is 2.68 bits per heavy atom. The molecular formula is C16H22FNO. The summed E-state index contributed by atoms with van der Waals surface area (Å²) in [4.78, 5) is 0. The number of ether oxygens (including phenoxy) is 1. The minimum atomic E-state index is -0.301. The molecule has 2 nitrogen and oxygen atoms in total. The molecule has 3 heteroatoms. The van der Waals surface area contributed by atoms with Crippen LogP contribution < -0.4 is 5.32 Å². The highest BCUT2D eigenvalue weighted by molar-refractivity contribution is 5.20. The molecular weight excluding hydrogens is 241 g/mol. The maximum atomic E-state index is 13.8. The summed E-state index contributed by atoms with van der Waals surface area (Å²) >= 11 is 0. The lowest BCUT2D eigenvalue weighted by atomic mass is 9.90. The normalized spacial score (nSPS) is 29.8. The van der Waals surface area contributed by atoms with Gasteiger partial charge in [-0.15, -0.1) is 0 Å². The van der Waals surface area contributed by atoms with Crippen LogP contribution in [0.4, 0.5) is 4.39 Å². The van der Waals surface area contributed by atoms with E-state index >= 15 is 0 Å². The molecule has 1 N–H and O–H groups in total. The van der Waals surface area contributed by atoms with E-state index in [-0.39, 0.29) is 17.0 Å². The monoisotopic (exact) mass is 263 g/mol. The molecule has 1 heterocycles. The largest absolute Gasteiger partial charge is 0.366 e. The second-order valence-electron chi connectivity index (χ2n) is 6.31. The zero-order valence-corrected chi connectivity index (χ0v) is 11.5. The van der Waals surface area contributed by atoms with Gasteiger partial charge in [0.05, 0.1) is 11.2 Å². The molecule has 2 aliphatic rings. The second-order valence-corrected chi connectivity index (χ2v) is 6.31. The number of rotatable bonds is 2. The first-order valence-electron chi connectivity index (χ1n) is 7.25. The lowest BCUT2D eigenvalue weighted by Crippen LogP contribution is -2.59. The van der Waals surface area contributed by atoms with Gasteiger partial charge >= 0.3 is 0 Å². The third-order valence-electron chi connectivity index (χ3n) is 4.45. The van der Waals surface area contributed by atoms with Gasteiger partial charge in [-0.2, -0.15) is 0 Å². The van der Waals surface area contributed by atoms with Crippen molar-refractivity contribution in [1.29, 1.82) is 0 Å². The lowest BCUT2D eigenvalue weighted by Gasteiger charge is -2.46. The topological polar surface area (TPSA) is 21.3 Å². The highest BCUT2D eigenvalue weighted by Gasteiger charge is 2.44. The zero-order valence-electron chi connectivity index (χ0n) is 11.5. The molecule has 1 atom stereocenters. The van der Waals surface area contributed by atoms with Crippen LogP contribution in [0.15, 0.2) is 24.3 Å². The van der Waals surface area contributed by atoms with Crippen molar-refractivity contribution >= 4 is 0 Å². The molecule has 104 valence electrons. The van der Waals surface area contributed by atoms with Crippen LogP contribution in [-0.2, 0) is 11.2 Å². The van der Waals surface area contributed by atoms with Crippen LogP contribution in [0.2, 0.25) is 0 Å². The summed E-state index contributed by atoms with van der Waals surface area (Å²) in [5.41, 5.74) is 0.449. The Morgan fingerprint density at radius 2 is 1.95 bits per heavy atom. The molecule has 0 aromatic heterocycles. The van der Waals surface area contributed by atoms with Gasteiger partial charge in [-0.25, -0.2) is 4.39 Å². The number of morpholine rings is 1. The Balaban J connectivity index is 1.77. The van der Waals surface area contributed by atoms with Crippen molar-refractivity contribution in [2.45, 2.75) is 50.2 Å². The Bertz CT molecular complexity index is 456. The molecule has 2 fully saturated rings. The van der Waals surface area contributed by atoms with E-state index in [0.29, 0.717) is 6.42 Å². The van der Waals surface area contributed by atoms with E-state index in [1.54, 1.807) is 6.07 Å². The molecule has 0 amide bonds. The number of benzene rings is 1. The summed E-state index contributed by atoms with van der Waals surface area (Å²) in [5.74, 6) is -0.127. The van der Waals surface area contributed by atoms with Crippen molar-refractivity contribution in [3.8, 4) is 0 Å². The van der Waals surface area contributed by atoms with Crippen molar-refractivity contribution in [3.05, 3.63) is 35.6 Å². The van der Waals surface area contributed by atoms with E-state index in [1.807, 2.05) is 12.1 Å². The quantitative estimate of drug-likeness (QED) is 0.885. The van der Waals surface area contributed by atoms with E-state index in [0.717, 1.165) is 31.5 Å². The second kappa shape index (κ2) is 4.88. The molecule has 1 aliphatic carbocycles. The van der Waals surface area contributed by atoms with Crippen LogP contribution in [0.3, 0.4) is 0 Å². The van der Waals surface area contributed by atoms with Crippen LogP contribution in [0.5, 0.6) is 0 Å². The molecule has 1 saturated heterocycles. The minimum absolute atomic E-state index is 0.00173. The Labute approximate surface area is 114 Å². The van der Waals surface area contributed by atoms with Gasteiger partial charge < -0.3 is 10.1 Å². The molecule has 3 rings (SSSR count). The van der Waals surface area contributed by atoms with Crippen LogP contribution >= 0.6 is 0 Å². The maximum Gasteiger partial charge on any atom is 0.126 e. The van der Waals surface area contributed by atoms with Crippen LogP contribution in [-0.4, -0.2) is 24.3 Å². The molecule has 19 heavy (non-hydrogen) atoms. The lowest BCUT2D eigenvalue weighted by molar-refractivity contribution is -0.166. The fourth-order valence-corrected chi connectivity index (χ4v) is 3.59. The zero-order chi connectivity index (χ0) is 13.3. The predicted octanol–water partition coefficient (Wildman–Crippen LogP) is 3.06. The summed E-state index contributed by atoms with van der Waals surface area (Å²) in [6.45, 7) is 3.84. The highest BCUT2D eigenvalue weighted by atomic mass is 19.1. The first kappa shape index (κ1) is 13.1. The number of nitrogens with one attached hydrogen (secondary N) is 1. The maximum absolute atomic E-state index is 13.8. The van der Waals surface area contributed by atoms with E-state index in [1.165, 1.54) is 18.9 Å². The average Bonchev–Trinajstić information content (AvgIpc) is 2.79. The predicted molar refractivity (Wildman–Crippen MR) is 73.7 cm³/mol. The fourth-order valence-electron chi connectivity index (χ4n) is 3.59. The minimum Gasteiger partial charge on any atom is -0.366 e. The van der Waals surface area contributed by atoms with E-state index in [2.05, 4.69) is 12.2 Å². The SMILES string of the molecule is CC1(Cc2ccccc2F)CNCC2(CCCC2)O1. The van der Waals surface area contributed by atoms with Gasteiger partial charge in [-0.05, 0) is 31.4 Å². The third kappa shape index (κ3) is 2.67. The summed E-state index contributed by atoms with van der Waals surface area (Å²) in [7, 11) is 0. The Morgan fingerprint density at radius 1 is 1.21 bits per heavy atom. The number of hydrogen-bond acceptors (Lipinski definition) is 2. The Kier molecular flexibility index (Phi) is 3.35. The molecule has 1 spiro atoms. The smallest absolute Gasteiger partial charge is 0.126 e. The standard InChI is InChI=1S/C16H22FNO/c1-15(10-13-6-2-3-7-14(13)17)11-18-12-16(19-15)8-4-5-9-16/h2-3,6-7,18H,4-5,8-12H2,1H3. The summed E-state index contributed by atoms with van der Waals surface area (Å²) in [6.07, 6.45) is 5.39. The molecule has 0 radical (unpaired) electrons. The van der Waals surface area contributed by atoms with Crippen molar-refractivity contribution in [3.63, 3.8) is 0 Å². The molecule has 1 aromatic carbocycles. The van der Waals surface area contributed by atoms with Gasteiger partial charge in [-0.3, -0.25) is 0 Å². The van der Waals surface area contributed by atoms with Gasteiger partial charge in [0.1, 0.15) is 5.82 Å². The fraction of sp³-hybridized carbons (Fsp3) is 0.625. The van der Waals surface area contributed by atoms with E-state index in [9.17, 15) is 4.39 Å². The van der Waals surface area contributed by atoms with Gasteiger partial charge in [-0.1, -0.05) is 31.0 Å². The van der Waals surface area contributed by atoms with Gasteiger partial charge in [0.25, 0.3) is 0 Å². The Hall–Kier alpha value is -0.930. The average molecular weight is 263 g/mol.